The Labute approximate surface area is 235 Å². The Bertz CT molecular complexity index is 1480. The second-order valence-electron chi connectivity index (χ2n) is 11.4. The van der Waals surface area contributed by atoms with Gasteiger partial charge in [0.2, 0.25) is 0 Å². The molecule has 4 aromatic rings. The minimum atomic E-state index is -0.227. The van der Waals surface area contributed by atoms with Gasteiger partial charge in [-0.1, -0.05) is 103 Å². The van der Waals surface area contributed by atoms with Crippen molar-refractivity contribution in [3.8, 4) is 22.3 Å². The summed E-state index contributed by atoms with van der Waals surface area (Å²) in [6, 6.07) is 35.1. The van der Waals surface area contributed by atoms with E-state index in [2.05, 4.69) is 60.7 Å². The van der Waals surface area contributed by atoms with Crippen molar-refractivity contribution >= 4 is 11.9 Å². The van der Waals surface area contributed by atoms with Gasteiger partial charge in [-0.2, -0.15) is 0 Å². The predicted molar refractivity (Wildman–Crippen MR) is 157 cm³/mol. The van der Waals surface area contributed by atoms with Crippen LogP contribution in [0.4, 0.5) is 4.79 Å². The van der Waals surface area contributed by atoms with Crippen LogP contribution in [-0.2, 0) is 4.74 Å². The number of Topliss-reactive ketones (excluding diaryl/α,β-unsaturated/α-hetero) is 1. The fourth-order valence-corrected chi connectivity index (χ4v) is 7.26. The van der Waals surface area contributed by atoms with E-state index in [0.717, 1.165) is 36.0 Å². The fourth-order valence-electron chi connectivity index (χ4n) is 7.26. The molecule has 7 rings (SSSR count). The summed E-state index contributed by atoms with van der Waals surface area (Å²) in [5.74, 6) is 0.188. The monoisotopic (exact) mass is 527 g/mol. The highest BCUT2D eigenvalue weighted by Gasteiger charge is 2.44. The van der Waals surface area contributed by atoms with Crippen molar-refractivity contribution in [1.29, 1.82) is 0 Å². The van der Waals surface area contributed by atoms with Crippen LogP contribution >= 0.6 is 0 Å². The standard InChI is InChI=1S/C36H33NO3/c38-35(26-19-17-25(18-20-26)24-9-2-1-3-10-24)27-21-28-11-8-12-29(22-27)37(28)36(39)40-23-34-32-15-6-4-13-30(32)31-14-5-7-16-33(31)34/h1-7,9-10,13-20,27-29,34H,8,11-12,21-23H2. The Morgan fingerprint density at radius 3 is 1.85 bits per heavy atom. The van der Waals surface area contributed by atoms with Gasteiger partial charge in [0, 0.05) is 29.5 Å². The van der Waals surface area contributed by atoms with Crippen LogP contribution in [0, 0.1) is 5.92 Å². The summed E-state index contributed by atoms with van der Waals surface area (Å²) < 4.78 is 6.05. The number of fused-ring (bicyclic) bond motifs is 5. The van der Waals surface area contributed by atoms with Crippen molar-refractivity contribution in [2.24, 2.45) is 5.92 Å². The molecule has 0 aromatic heterocycles. The first-order chi connectivity index (χ1) is 19.7. The molecule has 0 N–H and O–H groups in total. The summed E-state index contributed by atoms with van der Waals surface area (Å²) in [6.07, 6.45) is 4.14. The largest absolute Gasteiger partial charge is 0.448 e. The van der Waals surface area contributed by atoms with Crippen LogP contribution in [0.2, 0.25) is 0 Å². The van der Waals surface area contributed by atoms with Gasteiger partial charge < -0.3 is 9.64 Å². The van der Waals surface area contributed by atoms with Gasteiger partial charge in [0.25, 0.3) is 0 Å². The fraction of sp³-hybridized carbons (Fsp3) is 0.278. The number of hydrogen-bond acceptors (Lipinski definition) is 3. The number of ketones is 1. The molecule has 2 unspecified atom stereocenters. The summed E-state index contributed by atoms with van der Waals surface area (Å²) in [5, 5.41) is 0. The summed E-state index contributed by atoms with van der Waals surface area (Å²) in [5.41, 5.74) is 7.92. The van der Waals surface area contributed by atoms with Crippen LogP contribution in [-0.4, -0.2) is 35.5 Å². The lowest BCUT2D eigenvalue weighted by Crippen LogP contribution is -2.55. The molecule has 1 aliphatic carbocycles. The maximum absolute atomic E-state index is 13.6. The molecule has 1 amide bonds. The summed E-state index contributed by atoms with van der Waals surface area (Å²) in [4.78, 5) is 29.1. The lowest BCUT2D eigenvalue weighted by Gasteiger charge is -2.47. The molecule has 2 fully saturated rings. The first-order valence-electron chi connectivity index (χ1n) is 14.5. The van der Waals surface area contributed by atoms with E-state index >= 15 is 0 Å². The molecule has 4 heteroatoms. The number of piperidine rings is 2. The number of carbonyl (C=O) groups is 2. The Balaban J connectivity index is 1.03. The molecule has 2 bridgehead atoms. The summed E-state index contributed by atoms with van der Waals surface area (Å²) in [6.45, 7) is 0.332. The minimum absolute atomic E-state index is 0.0502. The lowest BCUT2D eigenvalue weighted by molar-refractivity contribution is 0.00651. The highest BCUT2D eigenvalue weighted by Crippen LogP contribution is 2.45. The van der Waals surface area contributed by atoms with Gasteiger partial charge >= 0.3 is 6.09 Å². The molecule has 4 aromatic carbocycles. The van der Waals surface area contributed by atoms with Gasteiger partial charge in [-0.15, -0.1) is 0 Å². The number of carbonyl (C=O) groups excluding carboxylic acids is 2. The van der Waals surface area contributed by atoms with Gasteiger partial charge in [0.1, 0.15) is 6.61 Å². The van der Waals surface area contributed by atoms with Gasteiger partial charge in [-0.05, 0) is 65.5 Å². The zero-order chi connectivity index (χ0) is 27.1. The molecule has 0 spiro atoms. The molecule has 2 atom stereocenters. The van der Waals surface area contributed by atoms with Crippen molar-refractivity contribution in [2.75, 3.05) is 6.61 Å². The molecule has 2 saturated heterocycles. The smallest absolute Gasteiger partial charge is 0.410 e. The van der Waals surface area contributed by atoms with E-state index in [1.54, 1.807) is 0 Å². The van der Waals surface area contributed by atoms with Gasteiger partial charge in [0.05, 0.1) is 0 Å². The van der Waals surface area contributed by atoms with Crippen molar-refractivity contribution in [3.05, 3.63) is 120 Å². The molecular weight excluding hydrogens is 494 g/mol. The Morgan fingerprint density at radius 1 is 0.675 bits per heavy atom. The quantitative estimate of drug-likeness (QED) is 0.246. The Morgan fingerprint density at radius 2 is 1.23 bits per heavy atom. The topological polar surface area (TPSA) is 46.6 Å². The summed E-state index contributed by atoms with van der Waals surface area (Å²) in [7, 11) is 0. The normalized spacial score (nSPS) is 21.4. The van der Waals surface area contributed by atoms with Gasteiger partial charge in [0.15, 0.2) is 5.78 Å². The van der Waals surface area contributed by atoms with E-state index in [-0.39, 0.29) is 35.8 Å². The zero-order valence-corrected chi connectivity index (χ0v) is 22.5. The first kappa shape index (κ1) is 24.8. The first-order valence-corrected chi connectivity index (χ1v) is 14.5. The summed E-state index contributed by atoms with van der Waals surface area (Å²) >= 11 is 0. The number of nitrogens with zero attached hydrogens (tertiary/aromatic N) is 1. The Hall–Kier alpha value is -4.18. The molecule has 2 heterocycles. The van der Waals surface area contributed by atoms with Gasteiger partial charge in [-0.3, -0.25) is 4.79 Å². The lowest BCUT2D eigenvalue weighted by atomic mass is 9.76. The number of ether oxygens (including phenoxy) is 1. The highest BCUT2D eigenvalue weighted by molar-refractivity contribution is 5.98. The van der Waals surface area contributed by atoms with E-state index in [4.69, 9.17) is 4.74 Å². The van der Waals surface area contributed by atoms with Crippen molar-refractivity contribution in [3.63, 3.8) is 0 Å². The van der Waals surface area contributed by atoms with Crippen LogP contribution < -0.4 is 0 Å². The molecule has 40 heavy (non-hydrogen) atoms. The van der Waals surface area contributed by atoms with Gasteiger partial charge in [-0.25, -0.2) is 4.79 Å². The number of rotatable bonds is 5. The molecule has 3 aliphatic rings. The molecule has 4 nitrogen and oxygen atoms in total. The van der Waals surface area contributed by atoms with Crippen LogP contribution in [0.1, 0.15) is 59.5 Å². The van der Waals surface area contributed by atoms with Crippen LogP contribution in [0.5, 0.6) is 0 Å². The number of hydrogen-bond donors (Lipinski definition) is 0. The maximum Gasteiger partial charge on any atom is 0.410 e. The second-order valence-corrected chi connectivity index (χ2v) is 11.4. The number of benzene rings is 4. The van der Waals surface area contributed by atoms with Crippen LogP contribution in [0.25, 0.3) is 22.3 Å². The average molecular weight is 528 g/mol. The SMILES string of the molecule is O=C(c1ccc(-c2ccccc2)cc1)C1CC2CCCC(C1)N2C(=O)OCC1c2ccccc2-c2ccccc21. The van der Waals surface area contributed by atoms with Crippen molar-refractivity contribution in [1.82, 2.24) is 4.90 Å². The number of amides is 1. The molecule has 0 saturated carbocycles. The van der Waals surface area contributed by atoms with E-state index in [0.29, 0.717) is 19.4 Å². The second kappa shape index (κ2) is 10.4. The van der Waals surface area contributed by atoms with Crippen LogP contribution in [0.3, 0.4) is 0 Å². The maximum atomic E-state index is 13.6. The van der Waals surface area contributed by atoms with Crippen molar-refractivity contribution in [2.45, 2.75) is 50.1 Å². The van der Waals surface area contributed by atoms with E-state index in [1.807, 2.05) is 47.4 Å². The van der Waals surface area contributed by atoms with Crippen LogP contribution in [0.15, 0.2) is 103 Å². The zero-order valence-electron chi connectivity index (χ0n) is 22.5. The minimum Gasteiger partial charge on any atom is -0.448 e. The third-order valence-corrected chi connectivity index (χ3v) is 9.17. The molecule has 200 valence electrons. The highest BCUT2D eigenvalue weighted by atomic mass is 16.6. The van der Waals surface area contributed by atoms with E-state index < -0.39 is 0 Å². The molecule has 0 radical (unpaired) electrons. The van der Waals surface area contributed by atoms with Crippen molar-refractivity contribution < 1.29 is 14.3 Å². The predicted octanol–water partition coefficient (Wildman–Crippen LogP) is 8.12. The molecule has 2 aliphatic heterocycles. The third-order valence-electron chi connectivity index (χ3n) is 9.17. The Kier molecular flexibility index (Phi) is 6.47. The average Bonchev–Trinajstić information content (AvgIpc) is 3.33. The molecular formula is C36H33NO3. The van der Waals surface area contributed by atoms with E-state index in [1.165, 1.54) is 22.3 Å². The van der Waals surface area contributed by atoms with E-state index in [9.17, 15) is 9.59 Å². The third kappa shape index (κ3) is 4.42.